The van der Waals surface area contributed by atoms with Gasteiger partial charge >= 0.3 is 0 Å². The Kier molecular flexibility index (Phi) is 6.49. The SMILES string of the molecule is CCN1CCC(N(C)C(=O)C2CCCC(CCN)C2)CC1. The van der Waals surface area contributed by atoms with E-state index in [4.69, 9.17) is 5.73 Å². The molecular formula is C17H33N3O. The van der Waals surface area contributed by atoms with E-state index in [0.717, 1.165) is 58.3 Å². The molecule has 2 aliphatic rings. The average Bonchev–Trinajstić information content (AvgIpc) is 2.54. The lowest BCUT2D eigenvalue weighted by atomic mass is 9.79. The third-order valence-corrected chi connectivity index (χ3v) is 5.61. The molecule has 122 valence electrons. The van der Waals surface area contributed by atoms with Gasteiger partial charge in [-0.25, -0.2) is 0 Å². The van der Waals surface area contributed by atoms with Gasteiger partial charge in [-0.2, -0.15) is 0 Å². The molecule has 1 saturated heterocycles. The van der Waals surface area contributed by atoms with Crippen LogP contribution in [0.25, 0.3) is 0 Å². The van der Waals surface area contributed by atoms with Crippen LogP contribution in [-0.2, 0) is 4.79 Å². The van der Waals surface area contributed by atoms with Crippen LogP contribution >= 0.6 is 0 Å². The summed E-state index contributed by atoms with van der Waals surface area (Å²) in [6.45, 7) is 6.39. The number of likely N-dealkylation sites (tertiary alicyclic amines) is 1. The summed E-state index contributed by atoms with van der Waals surface area (Å²) in [5.41, 5.74) is 5.68. The maximum absolute atomic E-state index is 12.8. The fourth-order valence-corrected chi connectivity index (χ4v) is 4.10. The molecule has 0 bridgehead atoms. The zero-order valence-electron chi connectivity index (χ0n) is 13.9. The molecule has 0 radical (unpaired) electrons. The first-order valence-corrected chi connectivity index (χ1v) is 8.84. The van der Waals surface area contributed by atoms with Crippen molar-refractivity contribution in [2.45, 2.75) is 57.9 Å². The Bertz CT molecular complexity index is 324. The number of carbonyl (C=O) groups excluding carboxylic acids is 1. The second kappa shape index (κ2) is 8.14. The molecule has 1 aliphatic heterocycles. The maximum atomic E-state index is 12.8. The molecule has 0 aromatic rings. The highest BCUT2D eigenvalue weighted by atomic mass is 16.2. The Hall–Kier alpha value is -0.610. The van der Waals surface area contributed by atoms with E-state index in [1.165, 1.54) is 12.8 Å². The predicted octanol–water partition coefficient (Wildman–Crippen LogP) is 2.08. The van der Waals surface area contributed by atoms with Crippen LogP contribution in [0.3, 0.4) is 0 Å². The zero-order chi connectivity index (χ0) is 15.2. The Balaban J connectivity index is 1.84. The van der Waals surface area contributed by atoms with Gasteiger partial charge in [0.2, 0.25) is 5.91 Å². The molecule has 1 saturated carbocycles. The van der Waals surface area contributed by atoms with Crippen LogP contribution in [0.1, 0.15) is 51.9 Å². The van der Waals surface area contributed by atoms with Crippen molar-refractivity contribution in [1.29, 1.82) is 0 Å². The summed E-state index contributed by atoms with van der Waals surface area (Å²) in [5.74, 6) is 1.32. The van der Waals surface area contributed by atoms with Crippen LogP contribution in [0.15, 0.2) is 0 Å². The second-order valence-corrected chi connectivity index (χ2v) is 6.92. The average molecular weight is 295 g/mol. The maximum Gasteiger partial charge on any atom is 0.225 e. The summed E-state index contributed by atoms with van der Waals surface area (Å²) in [6.07, 6.45) is 7.96. The van der Waals surface area contributed by atoms with Crippen LogP contribution in [0.4, 0.5) is 0 Å². The number of hydrogen-bond donors (Lipinski definition) is 1. The molecule has 2 fully saturated rings. The van der Waals surface area contributed by atoms with E-state index in [1.54, 1.807) is 0 Å². The minimum absolute atomic E-state index is 0.254. The highest BCUT2D eigenvalue weighted by Crippen LogP contribution is 2.32. The second-order valence-electron chi connectivity index (χ2n) is 6.92. The van der Waals surface area contributed by atoms with Gasteiger partial charge < -0.3 is 15.5 Å². The van der Waals surface area contributed by atoms with E-state index >= 15 is 0 Å². The first-order chi connectivity index (χ1) is 10.2. The molecule has 0 aromatic heterocycles. The zero-order valence-corrected chi connectivity index (χ0v) is 13.9. The van der Waals surface area contributed by atoms with E-state index in [9.17, 15) is 4.79 Å². The number of piperidine rings is 1. The van der Waals surface area contributed by atoms with Gasteiger partial charge in [0.15, 0.2) is 0 Å². The number of nitrogens with two attached hydrogens (primary N) is 1. The van der Waals surface area contributed by atoms with Crippen molar-refractivity contribution in [1.82, 2.24) is 9.80 Å². The third-order valence-electron chi connectivity index (χ3n) is 5.61. The van der Waals surface area contributed by atoms with Gasteiger partial charge in [0, 0.05) is 32.1 Å². The first kappa shape index (κ1) is 16.8. The van der Waals surface area contributed by atoms with Crippen LogP contribution in [0, 0.1) is 11.8 Å². The number of carbonyl (C=O) groups is 1. The van der Waals surface area contributed by atoms with Gasteiger partial charge in [-0.05, 0) is 51.1 Å². The smallest absolute Gasteiger partial charge is 0.225 e. The lowest BCUT2D eigenvalue weighted by molar-refractivity contribution is -0.138. The van der Waals surface area contributed by atoms with Crippen molar-refractivity contribution < 1.29 is 4.79 Å². The normalized spacial score (nSPS) is 28.5. The molecule has 1 heterocycles. The summed E-state index contributed by atoms with van der Waals surface area (Å²) in [4.78, 5) is 17.3. The lowest BCUT2D eigenvalue weighted by Crippen LogP contribution is -2.47. The predicted molar refractivity (Wildman–Crippen MR) is 87.0 cm³/mol. The molecule has 2 N–H and O–H groups in total. The molecule has 0 spiro atoms. The van der Waals surface area contributed by atoms with Gasteiger partial charge in [0.1, 0.15) is 0 Å². The standard InChI is InChI=1S/C17H33N3O/c1-3-20-11-8-16(9-12-20)19(2)17(21)15-6-4-5-14(13-15)7-10-18/h14-16H,3-13,18H2,1-2H3. The molecule has 0 aromatic carbocycles. The summed E-state index contributed by atoms with van der Waals surface area (Å²) in [7, 11) is 2.03. The number of nitrogens with zero attached hydrogens (tertiary/aromatic N) is 2. The number of amides is 1. The number of hydrogen-bond acceptors (Lipinski definition) is 3. The topological polar surface area (TPSA) is 49.6 Å². The van der Waals surface area contributed by atoms with Crippen molar-refractivity contribution in [2.24, 2.45) is 17.6 Å². The highest BCUT2D eigenvalue weighted by Gasteiger charge is 2.32. The fourth-order valence-electron chi connectivity index (χ4n) is 4.10. The quantitative estimate of drug-likeness (QED) is 0.845. The van der Waals surface area contributed by atoms with Gasteiger partial charge in [-0.3, -0.25) is 4.79 Å². The monoisotopic (exact) mass is 295 g/mol. The molecule has 1 aliphatic carbocycles. The lowest BCUT2D eigenvalue weighted by Gasteiger charge is -2.39. The minimum atomic E-state index is 0.254. The van der Waals surface area contributed by atoms with E-state index < -0.39 is 0 Å². The van der Waals surface area contributed by atoms with Gasteiger partial charge in [0.05, 0.1) is 0 Å². The minimum Gasteiger partial charge on any atom is -0.342 e. The van der Waals surface area contributed by atoms with E-state index in [0.29, 0.717) is 17.9 Å². The van der Waals surface area contributed by atoms with Crippen LogP contribution in [0.5, 0.6) is 0 Å². The Morgan fingerprint density at radius 1 is 1.24 bits per heavy atom. The molecule has 2 rings (SSSR count). The summed E-state index contributed by atoms with van der Waals surface area (Å²) in [6, 6.07) is 0.454. The molecule has 2 unspecified atom stereocenters. The summed E-state index contributed by atoms with van der Waals surface area (Å²) < 4.78 is 0. The van der Waals surface area contributed by atoms with Crippen LogP contribution < -0.4 is 5.73 Å². The van der Waals surface area contributed by atoms with Crippen molar-refractivity contribution in [3.05, 3.63) is 0 Å². The van der Waals surface area contributed by atoms with Crippen molar-refractivity contribution >= 4 is 5.91 Å². The third kappa shape index (κ3) is 4.43. The van der Waals surface area contributed by atoms with E-state index in [-0.39, 0.29) is 5.92 Å². The van der Waals surface area contributed by atoms with E-state index in [2.05, 4.69) is 16.7 Å². The molecule has 21 heavy (non-hydrogen) atoms. The fraction of sp³-hybridized carbons (Fsp3) is 0.941. The molecular weight excluding hydrogens is 262 g/mol. The van der Waals surface area contributed by atoms with Crippen molar-refractivity contribution in [2.75, 3.05) is 33.2 Å². The van der Waals surface area contributed by atoms with Gasteiger partial charge in [0.25, 0.3) is 0 Å². The van der Waals surface area contributed by atoms with Crippen molar-refractivity contribution in [3.63, 3.8) is 0 Å². The number of rotatable bonds is 5. The molecule has 1 amide bonds. The Labute approximate surface area is 130 Å². The molecule has 2 atom stereocenters. The highest BCUT2D eigenvalue weighted by molar-refractivity contribution is 5.79. The van der Waals surface area contributed by atoms with Gasteiger partial charge in [-0.1, -0.05) is 19.8 Å². The largest absolute Gasteiger partial charge is 0.342 e. The Morgan fingerprint density at radius 3 is 2.57 bits per heavy atom. The summed E-state index contributed by atoms with van der Waals surface area (Å²) >= 11 is 0. The van der Waals surface area contributed by atoms with Crippen LogP contribution in [-0.4, -0.2) is 55.0 Å². The van der Waals surface area contributed by atoms with Gasteiger partial charge in [-0.15, -0.1) is 0 Å². The first-order valence-electron chi connectivity index (χ1n) is 8.84. The van der Waals surface area contributed by atoms with Crippen LogP contribution in [0.2, 0.25) is 0 Å². The van der Waals surface area contributed by atoms with Crippen molar-refractivity contribution in [3.8, 4) is 0 Å². The van der Waals surface area contributed by atoms with E-state index in [1.807, 2.05) is 7.05 Å². The summed E-state index contributed by atoms with van der Waals surface area (Å²) in [5, 5.41) is 0. The molecule has 4 nitrogen and oxygen atoms in total. The molecule has 4 heteroatoms. The Morgan fingerprint density at radius 2 is 1.95 bits per heavy atom.